The van der Waals surface area contributed by atoms with Gasteiger partial charge in [0.05, 0.1) is 5.52 Å². The van der Waals surface area contributed by atoms with Crippen LogP contribution in [0, 0.1) is 0 Å². The topological polar surface area (TPSA) is 74.7 Å². The third kappa shape index (κ3) is 10.5. The molecule has 1 aromatic carbocycles. The molecule has 1 atom stereocenters. The van der Waals surface area contributed by atoms with Crippen LogP contribution < -0.4 is 0 Å². The molecule has 0 aliphatic heterocycles. The van der Waals surface area contributed by atoms with E-state index in [0.29, 0.717) is 18.5 Å². The normalized spacial score (nSPS) is 14.6. The number of carbonyl (C=O) groups excluding carboxylic acids is 2. The summed E-state index contributed by atoms with van der Waals surface area (Å²) in [5.74, 6) is -0.350. The second-order valence-corrected chi connectivity index (χ2v) is 24.9. The summed E-state index contributed by atoms with van der Waals surface area (Å²) in [7, 11) is -4.57. The quantitative estimate of drug-likeness (QED) is 0.0597. The molecule has 0 saturated heterocycles. The first kappa shape index (κ1) is 38.0. The molecule has 0 bridgehead atoms. The van der Waals surface area contributed by atoms with Gasteiger partial charge >= 0.3 is 5.97 Å². The van der Waals surface area contributed by atoms with Crippen LogP contribution in [0.25, 0.3) is 17.0 Å². The molecule has 1 unspecified atom stereocenters. The van der Waals surface area contributed by atoms with Gasteiger partial charge in [-0.25, -0.2) is 14.4 Å². The fourth-order valence-electron chi connectivity index (χ4n) is 4.34. The molecule has 0 spiro atoms. The minimum Gasteiger partial charge on any atom is -0.401 e. The molecule has 0 N–H and O–H groups in total. The van der Waals surface area contributed by atoms with Gasteiger partial charge < -0.3 is 9.31 Å². The van der Waals surface area contributed by atoms with Crippen LogP contribution in [0.15, 0.2) is 36.4 Å². The fourth-order valence-corrected chi connectivity index (χ4v) is 6.49. The molecule has 2 aromatic rings. The maximum atomic E-state index is 13.6. The molecule has 8 heteroatoms. The number of hydrogen-bond acceptors (Lipinski definition) is 6. The average molecular weight is 642 g/mol. The van der Waals surface area contributed by atoms with Crippen LogP contribution in [0.4, 0.5) is 0 Å². The van der Waals surface area contributed by atoms with E-state index in [9.17, 15) is 9.59 Å². The number of hydrogen-bond donors (Lipinski definition) is 0. The van der Waals surface area contributed by atoms with E-state index in [0.717, 1.165) is 55.0 Å². The summed E-state index contributed by atoms with van der Waals surface area (Å²) >= 11 is 0. The summed E-state index contributed by atoms with van der Waals surface area (Å²) < 4.78 is 12.6. The van der Waals surface area contributed by atoms with E-state index >= 15 is 0 Å². The maximum absolute atomic E-state index is 13.6. The van der Waals surface area contributed by atoms with Crippen molar-refractivity contribution in [2.45, 2.75) is 149 Å². The van der Waals surface area contributed by atoms with Crippen LogP contribution >= 0.6 is 0 Å². The van der Waals surface area contributed by atoms with Crippen LogP contribution in [0.2, 0.25) is 36.3 Å². The molecular weight excluding hydrogens is 583 g/mol. The summed E-state index contributed by atoms with van der Waals surface area (Å²) in [6.45, 7) is 25.3. The third-order valence-electron chi connectivity index (χ3n) is 9.45. The standard InChI is InChI=1S/C36H59NO5Si2/c1-13-14-17-25-31(38)32-29(27-28-22-19-20-24-30(28)37-32)23-18-15-16-21-26-36(8,41-43(9,10)34(2,3)4)33(39)40-42-44(11,12)35(5,6)7/h18-20,22-24,27H,13-17,21,25-26H2,1-12H3. The van der Waals surface area contributed by atoms with Gasteiger partial charge in [-0.15, -0.1) is 0 Å². The molecule has 0 aliphatic rings. The van der Waals surface area contributed by atoms with Crippen molar-refractivity contribution >= 4 is 45.4 Å². The summed E-state index contributed by atoms with van der Waals surface area (Å²) in [5.41, 5.74) is 1.16. The first-order valence-corrected chi connectivity index (χ1v) is 22.3. The SMILES string of the molecule is CCCCCC(=O)c1nc2ccccc2cc1C=CCCCCC(C)(O[Si](C)(C)C(C)(C)C)C(=O)OO[Si](C)(C)C(C)(C)C. The van der Waals surface area contributed by atoms with Crippen LogP contribution in [-0.4, -0.2) is 39.0 Å². The van der Waals surface area contributed by atoms with Gasteiger partial charge in [0.25, 0.3) is 8.32 Å². The minimum absolute atomic E-state index is 0.0584. The van der Waals surface area contributed by atoms with Gasteiger partial charge in [0, 0.05) is 17.4 Å². The number of Topliss-reactive ketones (excluding diaryl/α,β-unsaturated/α-hetero) is 1. The Balaban J connectivity index is 2.16. The Morgan fingerprint density at radius 3 is 2.11 bits per heavy atom. The van der Waals surface area contributed by atoms with E-state index in [1.807, 2.05) is 37.3 Å². The van der Waals surface area contributed by atoms with Crippen molar-refractivity contribution in [1.82, 2.24) is 4.98 Å². The molecule has 0 radical (unpaired) electrons. The zero-order valence-electron chi connectivity index (χ0n) is 29.7. The lowest BCUT2D eigenvalue weighted by atomic mass is 9.98. The number of nitrogens with zero attached hydrogens (tertiary/aromatic N) is 1. The van der Waals surface area contributed by atoms with E-state index in [1.54, 1.807) is 0 Å². The highest BCUT2D eigenvalue weighted by atomic mass is 28.4. The lowest BCUT2D eigenvalue weighted by Gasteiger charge is -2.43. The Hall–Kier alpha value is -2.14. The number of rotatable bonds is 16. The summed E-state index contributed by atoms with van der Waals surface area (Å²) in [4.78, 5) is 37.0. The van der Waals surface area contributed by atoms with Crippen LogP contribution in [0.3, 0.4) is 0 Å². The molecular formula is C36H59NO5Si2. The van der Waals surface area contributed by atoms with Gasteiger partial charge in [-0.2, -0.15) is 0 Å². The van der Waals surface area contributed by atoms with Gasteiger partial charge in [-0.1, -0.05) is 91.7 Å². The number of fused-ring (bicyclic) bond motifs is 1. The molecule has 246 valence electrons. The number of para-hydroxylation sites is 1. The minimum atomic E-state index is -2.29. The summed E-state index contributed by atoms with van der Waals surface area (Å²) in [6, 6.07) is 9.99. The number of ketones is 1. The summed E-state index contributed by atoms with van der Waals surface area (Å²) in [6.07, 6.45) is 10.6. The van der Waals surface area contributed by atoms with Gasteiger partial charge in [0.1, 0.15) is 5.69 Å². The zero-order valence-corrected chi connectivity index (χ0v) is 31.7. The van der Waals surface area contributed by atoms with E-state index in [4.69, 9.17) is 18.9 Å². The first-order chi connectivity index (χ1) is 20.2. The highest BCUT2D eigenvalue weighted by Gasteiger charge is 2.48. The van der Waals surface area contributed by atoms with Crippen molar-refractivity contribution < 1.29 is 23.5 Å². The highest BCUT2D eigenvalue weighted by Crippen LogP contribution is 2.41. The first-order valence-electron chi connectivity index (χ1n) is 16.4. The lowest BCUT2D eigenvalue weighted by molar-refractivity contribution is -0.237. The van der Waals surface area contributed by atoms with Crippen molar-refractivity contribution in [2.75, 3.05) is 0 Å². The maximum Gasteiger partial charge on any atom is 0.370 e. The Morgan fingerprint density at radius 2 is 1.50 bits per heavy atom. The number of carbonyl (C=O) groups is 2. The smallest absolute Gasteiger partial charge is 0.370 e. The van der Waals surface area contributed by atoms with Gasteiger partial charge in [-0.05, 0) is 87.4 Å². The molecule has 0 fully saturated rings. The molecule has 0 aliphatic carbocycles. The van der Waals surface area contributed by atoms with Crippen molar-refractivity contribution in [2.24, 2.45) is 0 Å². The molecule has 6 nitrogen and oxygen atoms in total. The monoisotopic (exact) mass is 641 g/mol. The Kier molecular flexibility index (Phi) is 13.3. The van der Waals surface area contributed by atoms with Gasteiger partial charge in [0.2, 0.25) is 0 Å². The van der Waals surface area contributed by atoms with Gasteiger partial charge in [-0.3, -0.25) is 4.79 Å². The third-order valence-corrected chi connectivity index (χ3v) is 18.1. The Morgan fingerprint density at radius 1 is 0.864 bits per heavy atom. The van der Waals surface area contributed by atoms with Crippen molar-refractivity contribution in [3.8, 4) is 0 Å². The predicted octanol–water partition coefficient (Wildman–Crippen LogP) is 10.8. The number of pyridine rings is 1. The Bertz CT molecular complexity index is 1290. The van der Waals surface area contributed by atoms with Crippen molar-refractivity contribution in [3.63, 3.8) is 0 Å². The van der Waals surface area contributed by atoms with E-state index in [-0.39, 0.29) is 15.9 Å². The van der Waals surface area contributed by atoms with Crippen molar-refractivity contribution in [3.05, 3.63) is 47.7 Å². The molecule has 0 saturated carbocycles. The van der Waals surface area contributed by atoms with Crippen LogP contribution in [-0.2, 0) is 18.7 Å². The molecule has 2 rings (SSSR count). The van der Waals surface area contributed by atoms with Gasteiger partial charge in [0.15, 0.2) is 19.7 Å². The second kappa shape index (κ2) is 15.4. The van der Waals surface area contributed by atoms with Crippen LogP contribution in [0.1, 0.15) is 123 Å². The van der Waals surface area contributed by atoms with Crippen molar-refractivity contribution in [1.29, 1.82) is 0 Å². The number of unbranched alkanes of at least 4 members (excludes halogenated alkanes) is 4. The highest BCUT2D eigenvalue weighted by molar-refractivity contribution is 6.74. The second-order valence-electron chi connectivity index (χ2n) is 15.5. The van der Waals surface area contributed by atoms with E-state index in [2.05, 4.69) is 86.8 Å². The lowest BCUT2D eigenvalue weighted by Crippen LogP contribution is -2.53. The molecule has 44 heavy (non-hydrogen) atoms. The van der Waals surface area contributed by atoms with E-state index < -0.39 is 28.2 Å². The summed E-state index contributed by atoms with van der Waals surface area (Å²) in [5, 5.41) is 0.878. The number of aromatic nitrogens is 1. The molecule has 1 aromatic heterocycles. The predicted molar refractivity (Wildman–Crippen MR) is 189 cm³/mol. The largest absolute Gasteiger partial charge is 0.401 e. The molecule has 0 amide bonds. The Labute approximate surface area is 269 Å². The zero-order chi connectivity index (χ0) is 33.4. The average Bonchev–Trinajstić information content (AvgIpc) is 2.91. The van der Waals surface area contributed by atoms with E-state index in [1.165, 1.54) is 0 Å². The van der Waals surface area contributed by atoms with Crippen LogP contribution in [0.5, 0.6) is 0 Å². The number of benzene rings is 1. The molecule has 1 heterocycles. The number of allylic oxidation sites excluding steroid dienone is 1. The fraction of sp³-hybridized carbons (Fsp3) is 0.639.